The van der Waals surface area contributed by atoms with Gasteiger partial charge in [-0.3, -0.25) is 4.79 Å². The number of hydrogen-bond donors (Lipinski definition) is 2. The van der Waals surface area contributed by atoms with E-state index in [0.29, 0.717) is 18.3 Å². The predicted octanol–water partition coefficient (Wildman–Crippen LogP) is 1.85. The van der Waals surface area contributed by atoms with Gasteiger partial charge < -0.3 is 15.2 Å². The summed E-state index contributed by atoms with van der Waals surface area (Å²) >= 11 is 0. The quantitative estimate of drug-likeness (QED) is 0.804. The molecule has 0 aliphatic rings. The number of anilines is 1. The van der Waals surface area contributed by atoms with Crippen molar-refractivity contribution in [2.75, 3.05) is 11.9 Å². The average Bonchev–Trinajstić information content (AvgIpc) is 2.22. The van der Waals surface area contributed by atoms with Crippen LogP contribution in [0.25, 0.3) is 0 Å². The molecule has 0 aliphatic heterocycles. The zero-order valence-corrected chi connectivity index (χ0v) is 11.1. The lowest BCUT2D eigenvalue weighted by molar-refractivity contribution is -0.137. The van der Waals surface area contributed by atoms with Crippen molar-refractivity contribution in [3.05, 3.63) is 11.9 Å². The Morgan fingerprint density at radius 1 is 1.50 bits per heavy atom. The Labute approximate surface area is 106 Å². The second kappa shape index (κ2) is 5.66. The minimum atomic E-state index is -0.857. The third-order valence-corrected chi connectivity index (χ3v) is 2.37. The first-order valence-corrected chi connectivity index (χ1v) is 5.80. The summed E-state index contributed by atoms with van der Waals surface area (Å²) < 4.78 is 5.37. The molecule has 0 bridgehead atoms. The Balaban J connectivity index is 2.90. The molecule has 18 heavy (non-hydrogen) atoms. The van der Waals surface area contributed by atoms with E-state index in [9.17, 15) is 4.79 Å². The highest BCUT2D eigenvalue weighted by Crippen LogP contribution is 2.24. The van der Waals surface area contributed by atoms with Gasteiger partial charge in [-0.05, 0) is 27.7 Å². The average molecular weight is 253 g/mol. The molecule has 0 fully saturated rings. The number of ether oxygens (including phenoxy) is 1. The molecule has 0 atom stereocenters. The maximum atomic E-state index is 10.8. The van der Waals surface area contributed by atoms with Crippen LogP contribution < -0.4 is 10.1 Å². The summed E-state index contributed by atoms with van der Waals surface area (Å²) in [4.78, 5) is 18.9. The summed E-state index contributed by atoms with van der Waals surface area (Å²) in [7, 11) is 0. The topological polar surface area (TPSA) is 84.3 Å². The lowest BCUT2D eigenvalue weighted by Crippen LogP contribution is -2.34. The number of nitrogens with zero attached hydrogens (tertiary/aromatic N) is 2. The van der Waals surface area contributed by atoms with Crippen LogP contribution in [0.5, 0.6) is 5.88 Å². The third kappa shape index (κ3) is 3.87. The van der Waals surface area contributed by atoms with E-state index in [1.165, 1.54) is 6.33 Å². The number of carboxylic acids is 1. The van der Waals surface area contributed by atoms with Crippen LogP contribution in [-0.4, -0.2) is 33.2 Å². The number of nitrogens with one attached hydrogen (secondary N) is 1. The molecule has 1 heterocycles. The second-order valence-electron chi connectivity index (χ2n) is 4.66. The fraction of sp³-hybridized carbons (Fsp3) is 0.583. The minimum absolute atomic E-state index is 0.000408. The highest BCUT2D eigenvalue weighted by molar-refractivity contribution is 5.69. The summed E-state index contributed by atoms with van der Waals surface area (Å²) in [6, 6.07) is 0. The standard InChI is InChI=1S/C12H19N3O3/c1-5-18-11-8(2)10(13-7-14-11)15-12(3,4)6-9(16)17/h7H,5-6H2,1-4H3,(H,16,17)(H,13,14,15). The van der Waals surface area contributed by atoms with Gasteiger partial charge in [0.25, 0.3) is 0 Å². The normalized spacial score (nSPS) is 11.1. The van der Waals surface area contributed by atoms with E-state index in [0.717, 1.165) is 5.56 Å². The van der Waals surface area contributed by atoms with E-state index >= 15 is 0 Å². The molecule has 0 spiro atoms. The van der Waals surface area contributed by atoms with Crippen LogP contribution in [-0.2, 0) is 4.79 Å². The van der Waals surface area contributed by atoms with Crippen LogP contribution in [0.4, 0.5) is 5.82 Å². The van der Waals surface area contributed by atoms with Crippen LogP contribution in [0.1, 0.15) is 32.8 Å². The molecular formula is C12H19N3O3. The molecular weight excluding hydrogens is 234 g/mol. The molecule has 0 saturated heterocycles. The van der Waals surface area contributed by atoms with E-state index in [-0.39, 0.29) is 6.42 Å². The van der Waals surface area contributed by atoms with Crippen molar-refractivity contribution in [2.24, 2.45) is 0 Å². The highest BCUT2D eigenvalue weighted by Gasteiger charge is 2.23. The Hall–Kier alpha value is -1.85. The molecule has 0 saturated carbocycles. The summed E-state index contributed by atoms with van der Waals surface area (Å²) in [5, 5.41) is 11.9. The lowest BCUT2D eigenvalue weighted by Gasteiger charge is -2.26. The number of rotatable bonds is 6. The van der Waals surface area contributed by atoms with E-state index in [4.69, 9.17) is 9.84 Å². The fourth-order valence-corrected chi connectivity index (χ4v) is 1.59. The van der Waals surface area contributed by atoms with Crippen molar-refractivity contribution in [3.8, 4) is 5.88 Å². The van der Waals surface area contributed by atoms with Crippen molar-refractivity contribution in [1.82, 2.24) is 9.97 Å². The van der Waals surface area contributed by atoms with Gasteiger partial charge in [-0.2, -0.15) is 0 Å². The van der Waals surface area contributed by atoms with E-state index < -0.39 is 11.5 Å². The molecule has 6 heteroatoms. The molecule has 0 unspecified atom stereocenters. The van der Waals surface area contributed by atoms with Crippen LogP contribution in [0.15, 0.2) is 6.33 Å². The smallest absolute Gasteiger partial charge is 0.305 e. The van der Waals surface area contributed by atoms with Gasteiger partial charge in [-0.15, -0.1) is 0 Å². The van der Waals surface area contributed by atoms with Crippen molar-refractivity contribution >= 4 is 11.8 Å². The molecule has 0 aromatic carbocycles. The van der Waals surface area contributed by atoms with Crippen molar-refractivity contribution < 1.29 is 14.6 Å². The molecule has 0 amide bonds. The number of carboxylic acid groups (broad SMARTS) is 1. The van der Waals surface area contributed by atoms with Gasteiger partial charge in [0.15, 0.2) is 0 Å². The monoisotopic (exact) mass is 253 g/mol. The van der Waals surface area contributed by atoms with Gasteiger partial charge >= 0.3 is 5.97 Å². The van der Waals surface area contributed by atoms with Crippen molar-refractivity contribution in [2.45, 2.75) is 39.7 Å². The molecule has 1 aromatic heterocycles. The van der Waals surface area contributed by atoms with Gasteiger partial charge in [-0.1, -0.05) is 0 Å². The van der Waals surface area contributed by atoms with E-state index in [1.54, 1.807) is 0 Å². The number of aliphatic carboxylic acids is 1. The fourth-order valence-electron chi connectivity index (χ4n) is 1.59. The van der Waals surface area contributed by atoms with Crippen LogP contribution in [0, 0.1) is 6.92 Å². The number of aromatic nitrogens is 2. The number of hydrogen-bond acceptors (Lipinski definition) is 5. The van der Waals surface area contributed by atoms with Gasteiger partial charge in [0, 0.05) is 5.54 Å². The molecule has 1 aromatic rings. The zero-order chi connectivity index (χ0) is 13.8. The zero-order valence-electron chi connectivity index (χ0n) is 11.1. The molecule has 100 valence electrons. The van der Waals surface area contributed by atoms with Crippen molar-refractivity contribution in [3.63, 3.8) is 0 Å². The summed E-state index contributed by atoms with van der Waals surface area (Å²) in [6.07, 6.45) is 1.40. The maximum Gasteiger partial charge on any atom is 0.305 e. The SMILES string of the molecule is CCOc1ncnc(NC(C)(C)CC(=O)O)c1C. The first-order valence-electron chi connectivity index (χ1n) is 5.80. The molecule has 0 aliphatic carbocycles. The van der Waals surface area contributed by atoms with Gasteiger partial charge in [0.05, 0.1) is 18.6 Å². The van der Waals surface area contributed by atoms with E-state index in [2.05, 4.69) is 15.3 Å². The van der Waals surface area contributed by atoms with Crippen LogP contribution >= 0.6 is 0 Å². The highest BCUT2D eigenvalue weighted by atomic mass is 16.5. The lowest BCUT2D eigenvalue weighted by atomic mass is 10.0. The Morgan fingerprint density at radius 3 is 2.72 bits per heavy atom. The largest absolute Gasteiger partial charge is 0.481 e. The predicted molar refractivity (Wildman–Crippen MR) is 67.9 cm³/mol. The first-order chi connectivity index (χ1) is 8.35. The minimum Gasteiger partial charge on any atom is -0.481 e. The second-order valence-corrected chi connectivity index (χ2v) is 4.66. The number of carbonyl (C=O) groups is 1. The molecule has 0 radical (unpaired) electrons. The molecule has 6 nitrogen and oxygen atoms in total. The van der Waals surface area contributed by atoms with Crippen LogP contribution in [0.3, 0.4) is 0 Å². The van der Waals surface area contributed by atoms with Gasteiger partial charge in [0.2, 0.25) is 5.88 Å². The van der Waals surface area contributed by atoms with Crippen molar-refractivity contribution in [1.29, 1.82) is 0 Å². The van der Waals surface area contributed by atoms with Gasteiger partial charge in [-0.25, -0.2) is 9.97 Å². The van der Waals surface area contributed by atoms with E-state index in [1.807, 2.05) is 27.7 Å². The Bertz CT molecular complexity index is 433. The maximum absolute atomic E-state index is 10.8. The Morgan fingerprint density at radius 2 is 2.17 bits per heavy atom. The summed E-state index contributed by atoms with van der Waals surface area (Å²) in [6.45, 7) is 7.86. The first kappa shape index (κ1) is 14.2. The molecule has 1 rings (SSSR count). The van der Waals surface area contributed by atoms with Crippen LogP contribution in [0.2, 0.25) is 0 Å². The summed E-state index contributed by atoms with van der Waals surface area (Å²) in [5.74, 6) is 0.255. The third-order valence-electron chi connectivity index (χ3n) is 2.37. The Kier molecular flexibility index (Phi) is 4.47. The van der Waals surface area contributed by atoms with Gasteiger partial charge in [0.1, 0.15) is 12.1 Å². The molecule has 2 N–H and O–H groups in total. The summed E-state index contributed by atoms with van der Waals surface area (Å²) in [5.41, 5.74) is 0.187.